The zero-order valence-electron chi connectivity index (χ0n) is 13.6. The molecule has 0 radical (unpaired) electrons. The van der Waals surface area contributed by atoms with Gasteiger partial charge in [0.05, 0.1) is 5.69 Å². The number of rotatable bonds is 6. The number of nitrogens with one attached hydrogen (secondary N) is 1. The number of benzene rings is 1. The van der Waals surface area contributed by atoms with E-state index in [0.717, 1.165) is 41.9 Å². The van der Waals surface area contributed by atoms with Gasteiger partial charge in [-0.05, 0) is 25.3 Å². The quantitative estimate of drug-likeness (QED) is 0.825. The first-order valence-corrected chi connectivity index (χ1v) is 9.13. The van der Waals surface area contributed by atoms with Gasteiger partial charge in [-0.2, -0.15) is 0 Å². The minimum absolute atomic E-state index is 0. The number of nitrogens with two attached hydrogens (primary N) is 1. The second-order valence-electron chi connectivity index (χ2n) is 6.08. The molecule has 3 rings (SSSR count). The van der Waals surface area contributed by atoms with Gasteiger partial charge in [-0.15, -0.1) is 23.7 Å². The van der Waals surface area contributed by atoms with Crippen LogP contribution in [0.4, 0.5) is 0 Å². The van der Waals surface area contributed by atoms with Gasteiger partial charge in [0.25, 0.3) is 0 Å². The largest absolute Gasteiger partial charge is 0.355 e. The smallest absolute Gasteiger partial charge is 0.223 e. The van der Waals surface area contributed by atoms with Crippen molar-refractivity contribution in [3.8, 4) is 10.6 Å². The van der Waals surface area contributed by atoms with Crippen molar-refractivity contribution in [1.29, 1.82) is 0 Å². The second kappa shape index (κ2) is 9.16. The van der Waals surface area contributed by atoms with Crippen LogP contribution in [0.25, 0.3) is 10.6 Å². The molecular weight excluding hydrogens is 342 g/mol. The lowest BCUT2D eigenvalue weighted by Crippen LogP contribution is -2.36. The first-order valence-electron chi connectivity index (χ1n) is 8.25. The van der Waals surface area contributed by atoms with E-state index in [-0.39, 0.29) is 24.2 Å². The molecule has 4 nitrogen and oxygen atoms in total. The molecule has 1 aliphatic rings. The Balaban J connectivity index is 0.00000208. The van der Waals surface area contributed by atoms with Crippen molar-refractivity contribution in [1.82, 2.24) is 10.3 Å². The van der Waals surface area contributed by atoms with Crippen molar-refractivity contribution in [3.05, 3.63) is 41.4 Å². The lowest BCUT2D eigenvalue weighted by molar-refractivity contribution is -0.125. The van der Waals surface area contributed by atoms with E-state index in [1.165, 1.54) is 0 Å². The van der Waals surface area contributed by atoms with Crippen LogP contribution in [0.1, 0.15) is 25.0 Å². The summed E-state index contributed by atoms with van der Waals surface area (Å²) in [6, 6.07) is 10.2. The third-order valence-electron chi connectivity index (χ3n) is 4.55. The van der Waals surface area contributed by atoms with Crippen molar-refractivity contribution >= 4 is 29.7 Å². The van der Waals surface area contributed by atoms with Crippen LogP contribution in [0.3, 0.4) is 0 Å². The van der Waals surface area contributed by atoms with Gasteiger partial charge in [0, 0.05) is 29.8 Å². The minimum Gasteiger partial charge on any atom is -0.355 e. The summed E-state index contributed by atoms with van der Waals surface area (Å²) in [5, 5.41) is 6.17. The molecule has 6 heteroatoms. The van der Waals surface area contributed by atoms with Crippen LogP contribution in [0.5, 0.6) is 0 Å². The van der Waals surface area contributed by atoms with Crippen LogP contribution < -0.4 is 11.1 Å². The summed E-state index contributed by atoms with van der Waals surface area (Å²) in [7, 11) is 0. The van der Waals surface area contributed by atoms with E-state index in [9.17, 15) is 4.79 Å². The van der Waals surface area contributed by atoms with E-state index in [1.54, 1.807) is 11.3 Å². The molecule has 1 aromatic carbocycles. The van der Waals surface area contributed by atoms with Gasteiger partial charge < -0.3 is 11.1 Å². The van der Waals surface area contributed by atoms with Gasteiger partial charge in [0.1, 0.15) is 5.01 Å². The summed E-state index contributed by atoms with van der Waals surface area (Å²) in [6.07, 6.45) is 3.95. The number of carbonyl (C=O) groups excluding carboxylic acids is 1. The van der Waals surface area contributed by atoms with Gasteiger partial charge in [-0.3, -0.25) is 4.79 Å². The number of hydrogen-bond donors (Lipinski definition) is 2. The zero-order valence-corrected chi connectivity index (χ0v) is 15.2. The van der Waals surface area contributed by atoms with Crippen LogP contribution in [0, 0.1) is 11.8 Å². The summed E-state index contributed by atoms with van der Waals surface area (Å²) in [5.41, 5.74) is 7.93. The normalized spacial score (nSPS) is 19.7. The molecule has 0 aliphatic heterocycles. The molecular formula is C18H24ClN3OS. The van der Waals surface area contributed by atoms with Crippen LogP contribution in [0.15, 0.2) is 35.7 Å². The molecule has 0 unspecified atom stereocenters. The highest BCUT2D eigenvalue weighted by Crippen LogP contribution is 2.31. The molecule has 24 heavy (non-hydrogen) atoms. The highest BCUT2D eigenvalue weighted by Gasteiger charge is 2.31. The second-order valence-corrected chi connectivity index (χ2v) is 6.94. The van der Waals surface area contributed by atoms with Crippen LogP contribution in [-0.2, 0) is 11.2 Å². The average molecular weight is 366 g/mol. The predicted octanol–water partition coefficient (Wildman–Crippen LogP) is 3.27. The van der Waals surface area contributed by atoms with Crippen molar-refractivity contribution in [2.75, 3.05) is 13.1 Å². The number of carbonyl (C=O) groups is 1. The molecule has 1 aromatic heterocycles. The minimum atomic E-state index is 0. The number of halogens is 1. The molecule has 1 saturated carbocycles. The van der Waals surface area contributed by atoms with Crippen molar-refractivity contribution < 1.29 is 4.79 Å². The number of aromatic nitrogens is 1. The van der Waals surface area contributed by atoms with E-state index < -0.39 is 0 Å². The molecule has 0 bridgehead atoms. The van der Waals surface area contributed by atoms with Gasteiger partial charge in [-0.1, -0.05) is 36.8 Å². The Morgan fingerprint density at radius 2 is 2.08 bits per heavy atom. The van der Waals surface area contributed by atoms with Crippen molar-refractivity contribution in [2.45, 2.75) is 25.7 Å². The number of thiazole rings is 1. The fourth-order valence-electron chi connectivity index (χ4n) is 3.24. The summed E-state index contributed by atoms with van der Waals surface area (Å²) < 4.78 is 0. The molecule has 0 saturated heterocycles. The highest BCUT2D eigenvalue weighted by atomic mass is 35.5. The molecule has 1 aliphatic carbocycles. The van der Waals surface area contributed by atoms with E-state index in [4.69, 9.17) is 5.73 Å². The first kappa shape index (κ1) is 18.9. The SMILES string of the molecule is Cl.NC[C@H]1CCC[C@H]1C(=O)NCCc1csc(-c2ccccc2)n1. The fraction of sp³-hybridized carbons (Fsp3) is 0.444. The Morgan fingerprint density at radius 1 is 1.29 bits per heavy atom. The molecule has 1 amide bonds. The molecule has 1 fully saturated rings. The van der Waals surface area contributed by atoms with E-state index in [1.807, 2.05) is 18.2 Å². The van der Waals surface area contributed by atoms with Crippen LogP contribution >= 0.6 is 23.7 Å². The van der Waals surface area contributed by atoms with Gasteiger partial charge >= 0.3 is 0 Å². The van der Waals surface area contributed by atoms with Crippen LogP contribution in [-0.4, -0.2) is 24.0 Å². The van der Waals surface area contributed by atoms with E-state index >= 15 is 0 Å². The lowest BCUT2D eigenvalue weighted by Gasteiger charge is -2.17. The average Bonchev–Trinajstić information content (AvgIpc) is 3.24. The number of amides is 1. The fourth-order valence-corrected chi connectivity index (χ4v) is 4.10. The number of hydrogen-bond acceptors (Lipinski definition) is 4. The highest BCUT2D eigenvalue weighted by molar-refractivity contribution is 7.13. The molecule has 3 N–H and O–H groups in total. The van der Waals surface area contributed by atoms with Crippen molar-refractivity contribution in [3.63, 3.8) is 0 Å². The Morgan fingerprint density at radius 3 is 2.83 bits per heavy atom. The van der Waals surface area contributed by atoms with E-state index in [0.29, 0.717) is 19.0 Å². The Labute approximate surface area is 153 Å². The Hall–Kier alpha value is -1.43. The lowest BCUT2D eigenvalue weighted by atomic mass is 9.95. The number of nitrogens with zero attached hydrogens (tertiary/aromatic N) is 1. The molecule has 2 aromatic rings. The molecule has 0 spiro atoms. The maximum absolute atomic E-state index is 12.2. The van der Waals surface area contributed by atoms with Crippen molar-refractivity contribution in [2.24, 2.45) is 17.6 Å². The maximum atomic E-state index is 12.2. The summed E-state index contributed by atoms with van der Waals surface area (Å²) >= 11 is 1.65. The Bertz CT molecular complexity index is 647. The third kappa shape index (κ3) is 4.56. The van der Waals surface area contributed by atoms with E-state index in [2.05, 4.69) is 27.8 Å². The maximum Gasteiger partial charge on any atom is 0.223 e. The topological polar surface area (TPSA) is 68.0 Å². The van der Waals surface area contributed by atoms with Gasteiger partial charge in [-0.25, -0.2) is 4.98 Å². The first-order chi connectivity index (χ1) is 11.3. The molecule has 1 heterocycles. The summed E-state index contributed by atoms with van der Waals surface area (Å²) in [6.45, 7) is 1.26. The monoisotopic (exact) mass is 365 g/mol. The summed E-state index contributed by atoms with van der Waals surface area (Å²) in [5.74, 6) is 0.630. The standard InChI is InChI=1S/C18H23N3OS.ClH/c19-11-14-7-4-8-16(14)17(22)20-10-9-15-12-23-18(21-15)13-5-2-1-3-6-13;/h1-3,5-6,12,14,16H,4,7-11,19H2,(H,20,22);1H/t14-,16-;/m1./s1. The zero-order chi connectivity index (χ0) is 16.1. The van der Waals surface area contributed by atoms with Gasteiger partial charge in [0.15, 0.2) is 0 Å². The summed E-state index contributed by atoms with van der Waals surface area (Å²) in [4.78, 5) is 16.9. The third-order valence-corrected chi connectivity index (χ3v) is 5.49. The Kier molecular flexibility index (Phi) is 7.21. The molecule has 2 atom stereocenters. The van der Waals surface area contributed by atoms with Gasteiger partial charge in [0.2, 0.25) is 5.91 Å². The predicted molar refractivity (Wildman–Crippen MR) is 101 cm³/mol. The van der Waals surface area contributed by atoms with Crippen LogP contribution in [0.2, 0.25) is 0 Å². The molecule has 130 valence electrons.